The smallest absolute Gasteiger partial charge is 0.284 e. The van der Waals surface area contributed by atoms with Crippen LogP contribution in [0.4, 0.5) is 5.69 Å². The number of nitrogens with one attached hydrogen (secondary N) is 1. The Kier molecular flexibility index (Phi) is 7.43. The first kappa shape index (κ1) is 21.7. The molecule has 0 atom stereocenters. The Hall–Kier alpha value is -2.57. The molecule has 0 aromatic carbocycles. The quantitative estimate of drug-likeness (QED) is 0.351. The van der Waals surface area contributed by atoms with E-state index in [0.717, 1.165) is 5.69 Å². The monoisotopic (exact) mass is 501 g/mol. The number of guanidine groups is 1. The molecular weight excluding hydrogens is 477 g/mol. The zero-order valence-electron chi connectivity index (χ0n) is 15.8. The summed E-state index contributed by atoms with van der Waals surface area (Å²) in [7, 11) is 1.82. The molecule has 1 aliphatic heterocycles. The lowest BCUT2D eigenvalue weighted by molar-refractivity contribution is -0.120. The Bertz CT molecular complexity index is 861. The summed E-state index contributed by atoms with van der Waals surface area (Å²) in [6, 6.07) is 3.19. The molecule has 3 heterocycles. The summed E-state index contributed by atoms with van der Waals surface area (Å²) in [5, 5.41) is 7.30. The molecule has 0 bridgehead atoms. The number of carbonyl (C=O) groups excluding carboxylic acids is 2. The minimum atomic E-state index is -0.616. The second-order valence-electron chi connectivity index (χ2n) is 6.14. The second kappa shape index (κ2) is 9.57. The highest BCUT2D eigenvalue weighted by atomic mass is 127. The fourth-order valence-corrected chi connectivity index (χ4v) is 2.85. The second-order valence-corrected chi connectivity index (χ2v) is 6.14. The predicted octanol–water partition coefficient (Wildman–Crippen LogP) is 0.544. The largest absolute Gasteiger partial charge is 0.454 e. The molecule has 28 heavy (non-hydrogen) atoms. The highest BCUT2D eigenvalue weighted by Gasteiger charge is 2.27. The molecule has 3 N–H and O–H groups in total. The van der Waals surface area contributed by atoms with Crippen molar-refractivity contribution in [2.45, 2.75) is 13.5 Å². The van der Waals surface area contributed by atoms with Crippen LogP contribution in [0.2, 0.25) is 0 Å². The summed E-state index contributed by atoms with van der Waals surface area (Å²) in [4.78, 5) is 31.8. The van der Waals surface area contributed by atoms with E-state index >= 15 is 0 Å². The van der Waals surface area contributed by atoms with Gasteiger partial charge in [0.2, 0.25) is 5.91 Å². The summed E-state index contributed by atoms with van der Waals surface area (Å²) in [5.74, 6) is 0.613. The lowest BCUT2D eigenvalue weighted by atomic mass is 10.3. The highest BCUT2D eigenvalue weighted by molar-refractivity contribution is 14.0. The van der Waals surface area contributed by atoms with Crippen LogP contribution >= 0.6 is 24.0 Å². The molecule has 11 heteroatoms. The van der Waals surface area contributed by atoms with Crippen molar-refractivity contribution in [2.75, 3.05) is 31.1 Å². The van der Waals surface area contributed by atoms with Crippen molar-refractivity contribution in [3.63, 3.8) is 0 Å². The lowest BCUT2D eigenvalue weighted by Crippen LogP contribution is -2.55. The van der Waals surface area contributed by atoms with Gasteiger partial charge in [0.25, 0.3) is 5.91 Å². The predicted molar refractivity (Wildman–Crippen MR) is 115 cm³/mol. The Morgan fingerprint density at radius 3 is 2.75 bits per heavy atom. The number of halogens is 1. The van der Waals surface area contributed by atoms with Crippen LogP contribution in [0.25, 0.3) is 0 Å². The average molecular weight is 501 g/mol. The van der Waals surface area contributed by atoms with Crippen LogP contribution in [-0.4, -0.2) is 58.6 Å². The van der Waals surface area contributed by atoms with E-state index in [-0.39, 0.29) is 48.7 Å². The van der Waals surface area contributed by atoms with Gasteiger partial charge in [-0.05, 0) is 19.1 Å². The number of nitrogens with two attached hydrogens (primary N) is 1. The number of hydrogen-bond acceptors (Lipinski definition) is 5. The van der Waals surface area contributed by atoms with Crippen molar-refractivity contribution in [3.8, 4) is 0 Å². The minimum Gasteiger partial charge on any atom is -0.454 e. The van der Waals surface area contributed by atoms with E-state index in [4.69, 9.17) is 10.2 Å². The topological polar surface area (TPSA) is 122 Å². The van der Waals surface area contributed by atoms with Gasteiger partial charge in [0.15, 0.2) is 11.7 Å². The number of aliphatic imine (C=N–C) groups is 1. The fraction of sp³-hybridized carbons (Fsp3) is 0.412. The van der Waals surface area contributed by atoms with E-state index in [1.165, 1.54) is 6.07 Å². The van der Waals surface area contributed by atoms with Gasteiger partial charge in [0, 0.05) is 32.9 Å². The zero-order chi connectivity index (χ0) is 19.4. The Morgan fingerprint density at radius 2 is 2.18 bits per heavy atom. The third kappa shape index (κ3) is 5.03. The molecule has 1 aliphatic rings. The molecule has 152 valence electrons. The average Bonchev–Trinajstić information content (AvgIpc) is 3.27. The normalized spacial score (nSPS) is 14.8. The van der Waals surface area contributed by atoms with Crippen LogP contribution in [0, 0.1) is 0 Å². The number of anilines is 1. The molecule has 3 rings (SSSR count). The van der Waals surface area contributed by atoms with Gasteiger partial charge in [0.1, 0.15) is 18.8 Å². The van der Waals surface area contributed by atoms with Crippen molar-refractivity contribution in [2.24, 2.45) is 17.8 Å². The van der Waals surface area contributed by atoms with E-state index in [9.17, 15) is 9.59 Å². The summed E-state index contributed by atoms with van der Waals surface area (Å²) in [6.07, 6.45) is 3.50. The van der Waals surface area contributed by atoms with Gasteiger partial charge in [-0.1, -0.05) is 0 Å². The van der Waals surface area contributed by atoms with Crippen LogP contribution < -0.4 is 16.0 Å². The molecule has 0 aliphatic carbocycles. The molecule has 0 saturated carbocycles. The van der Waals surface area contributed by atoms with E-state index in [2.05, 4.69) is 15.4 Å². The van der Waals surface area contributed by atoms with Gasteiger partial charge < -0.3 is 25.3 Å². The first-order chi connectivity index (χ1) is 13.0. The number of aryl methyl sites for hydroxylation is 1. The summed E-state index contributed by atoms with van der Waals surface area (Å²) in [6.45, 7) is 4.26. The molecule has 1 fully saturated rings. The van der Waals surface area contributed by atoms with Crippen LogP contribution in [0.5, 0.6) is 0 Å². The molecular formula is C17H24IN7O3. The number of nitrogens with zero attached hydrogens (tertiary/aromatic N) is 5. The first-order valence-corrected chi connectivity index (χ1v) is 8.68. The number of rotatable bonds is 5. The number of aromatic nitrogens is 2. The van der Waals surface area contributed by atoms with Crippen molar-refractivity contribution in [1.82, 2.24) is 20.0 Å². The highest BCUT2D eigenvalue weighted by Crippen LogP contribution is 2.16. The van der Waals surface area contributed by atoms with Crippen LogP contribution in [0.3, 0.4) is 0 Å². The van der Waals surface area contributed by atoms with Crippen molar-refractivity contribution >= 4 is 47.4 Å². The molecule has 0 radical (unpaired) electrons. The number of furan rings is 1. The minimum absolute atomic E-state index is 0. The van der Waals surface area contributed by atoms with E-state index in [1.54, 1.807) is 21.8 Å². The van der Waals surface area contributed by atoms with Gasteiger partial charge in [-0.2, -0.15) is 5.10 Å². The van der Waals surface area contributed by atoms with E-state index in [1.807, 2.05) is 25.1 Å². The van der Waals surface area contributed by atoms with Crippen LogP contribution in [-0.2, 0) is 18.4 Å². The maximum Gasteiger partial charge on any atom is 0.284 e. The number of amides is 2. The summed E-state index contributed by atoms with van der Waals surface area (Å²) >= 11 is 0. The number of primary amides is 1. The van der Waals surface area contributed by atoms with Crippen LogP contribution in [0.1, 0.15) is 23.2 Å². The maximum atomic E-state index is 12.6. The van der Waals surface area contributed by atoms with E-state index in [0.29, 0.717) is 31.4 Å². The Labute approximate surface area is 179 Å². The van der Waals surface area contributed by atoms with E-state index < -0.39 is 5.91 Å². The molecule has 1 saturated heterocycles. The van der Waals surface area contributed by atoms with Crippen molar-refractivity contribution in [1.29, 1.82) is 0 Å². The van der Waals surface area contributed by atoms with Gasteiger partial charge in [0.05, 0.1) is 11.9 Å². The number of carbonyl (C=O) groups is 2. The zero-order valence-corrected chi connectivity index (χ0v) is 18.1. The van der Waals surface area contributed by atoms with Crippen molar-refractivity contribution in [3.05, 3.63) is 36.0 Å². The summed E-state index contributed by atoms with van der Waals surface area (Å²) in [5.41, 5.74) is 5.98. The Balaban J connectivity index is 0.00000280. The molecule has 0 unspecified atom stereocenters. The third-order valence-electron chi connectivity index (χ3n) is 4.15. The first-order valence-electron chi connectivity index (χ1n) is 8.68. The maximum absolute atomic E-state index is 12.6. The molecule has 2 aromatic heterocycles. The Morgan fingerprint density at radius 1 is 1.39 bits per heavy atom. The molecule has 2 aromatic rings. The molecule has 2 amide bonds. The summed E-state index contributed by atoms with van der Waals surface area (Å²) < 4.78 is 7.02. The van der Waals surface area contributed by atoms with Crippen molar-refractivity contribution < 1.29 is 14.0 Å². The standard InChI is InChI=1S/C17H23N7O3.HI/c1-3-19-17(20-9-13-4-5-14(27-13)16(18)26)23-6-7-24(15(25)11-23)12-8-21-22(2)10-12;/h4-5,8,10H,3,6-7,9,11H2,1-2H3,(H2,18,26)(H,19,20);1H. The fourth-order valence-electron chi connectivity index (χ4n) is 2.85. The van der Waals surface area contributed by atoms with Gasteiger partial charge >= 0.3 is 0 Å². The molecule has 0 spiro atoms. The van der Waals surface area contributed by atoms with Gasteiger partial charge in [-0.25, -0.2) is 4.99 Å². The van der Waals surface area contributed by atoms with Gasteiger partial charge in [-0.15, -0.1) is 24.0 Å². The number of hydrogen-bond donors (Lipinski definition) is 2. The lowest BCUT2D eigenvalue weighted by Gasteiger charge is -2.35. The number of piperazine rings is 1. The molecule has 10 nitrogen and oxygen atoms in total. The van der Waals surface area contributed by atoms with Gasteiger partial charge in [-0.3, -0.25) is 14.3 Å². The third-order valence-corrected chi connectivity index (χ3v) is 4.15. The SMILES string of the molecule is CCNC(=NCc1ccc(C(N)=O)o1)N1CCN(c2cnn(C)c2)C(=O)C1.I. The van der Waals surface area contributed by atoms with Crippen LogP contribution in [0.15, 0.2) is 33.9 Å².